The quantitative estimate of drug-likeness (QED) is 0.625. The summed E-state index contributed by atoms with van der Waals surface area (Å²) >= 11 is 6.26. The molecular formula is C16H12BrN3OS2. The Labute approximate surface area is 150 Å². The molecule has 0 unspecified atom stereocenters. The number of carbonyl (C=O) groups excluding carboxylic acids is 1. The van der Waals surface area contributed by atoms with Crippen LogP contribution in [-0.4, -0.2) is 21.9 Å². The van der Waals surface area contributed by atoms with E-state index in [1.165, 1.54) is 23.1 Å². The average molecular weight is 406 g/mol. The highest BCUT2D eigenvalue weighted by Crippen LogP contribution is 2.27. The van der Waals surface area contributed by atoms with E-state index >= 15 is 0 Å². The van der Waals surface area contributed by atoms with Gasteiger partial charge in [-0.05, 0) is 24.3 Å². The van der Waals surface area contributed by atoms with Crippen molar-refractivity contribution in [2.75, 3.05) is 11.1 Å². The van der Waals surface area contributed by atoms with Gasteiger partial charge in [0.15, 0.2) is 0 Å². The van der Waals surface area contributed by atoms with Crippen LogP contribution in [0.5, 0.6) is 0 Å². The van der Waals surface area contributed by atoms with Crippen LogP contribution in [0, 0.1) is 0 Å². The molecule has 1 heterocycles. The molecule has 0 bridgehead atoms. The standard InChI is InChI=1S/C16H12BrN3OS2/c17-12-8-6-11(7-9-12)15-19-20-16(23-15)18-14(21)10-22-13-4-2-1-3-5-13/h1-9H,10H2,(H,18,20,21). The van der Waals surface area contributed by atoms with E-state index < -0.39 is 0 Å². The number of halogens is 1. The lowest BCUT2D eigenvalue weighted by molar-refractivity contribution is -0.113. The van der Waals surface area contributed by atoms with Crippen LogP contribution in [-0.2, 0) is 4.79 Å². The molecule has 1 aromatic heterocycles. The molecule has 23 heavy (non-hydrogen) atoms. The number of amides is 1. The molecule has 0 aliphatic heterocycles. The van der Waals surface area contributed by atoms with E-state index in [0.717, 1.165) is 19.9 Å². The molecule has 0 spiro atoms. The van der Waals surface area contributed by atoms with Crippen molar-refractivity contribution in [1.82, 2.24) is 10.2 Å². The Kier molecular flexibility index (Phi) is 5.43. The molecule has 3 aromatic rings. The number of thioether (sulfide) groups is 1. The van der Waals surface area contributed by atoms with Gasteiger partial charge in [-0.25, -0.2) is 0 Å². The maximum absolute atomic E-state index is 12.0. The van der Waals surface area contributed by atoms with Crippen molar-refractivity contribution in [3.63, 3.8) is 0 Å². The summed E-state index contributed by atoms with van der Waals surface area (Å²) in [6.45, 7) is 0. The van der Waals surface area contributed by atoms with E-state index in [4.69, 9.17) is 0 Å². The average Bonchev–Trinajstić information content (AvgIpc) is 3.03. The van der Waals surface area contributed by atoms with Gasteiger partial charge in [-0.3, -0.25) is 10.1 Å². The van der Waals surface area contributed by atoms with Gasteiger partial charge in [0, 0.05) is 14.9 Å². The fourth-order valence-corrected chi connectivity index (χ4v) is 3.55. The lowest BCUT2D eigenvalue weighted by atomic mass is 10.2. The van der Waals surface area contributed by atoms with Gasteiger partial charge in [0.2, 0.25) is 11.0 Å². The Morgan fingerprint density at radius 1 is 1.09 bits per heavy atom. The summed E-state index contributed by atoms with van der Waals surface area (Å²) < 4.78 is 1.01. The molecule has 0 aliphatic carbocycles. The number of benzene rings is 2. The van der Waals surface area contributed by atoms with Crippen LogP contribution < -0.4 is 5.32 Å². The fraction of sp³-hybridized carbons (Fsp3) is 0.0625. The number of hydrogen-bond acceptors (Lipinski definition) is 5. The molecule has 0 saturated heterocycles. The summed E-state index contributed by atoms with van der Waals surface area (Å²) in [5.41, 5.74) is 0.977. The van der Waals surface area contributed by atoms with E-state index in [9.17, 15) is 4.79 Å². The first-order valence-electron chi connectivity index (χ1n) is 6.78. The molecule has 1 amide bonds. The van der Waals surface area contributed by atoms with Crippen LogP contribution in [0.25, 0.3) is 10.6 Å². The first-order chi connectivity index (χ1) is 11.2. The minimum absolute atomic E-state index is 0.0858. The van der Waals surface area contributed by atoms with Gasteiger partial charge in [0.05, 0.1) is 5.75 Å². The van der Waals surface area contributed by atoms with Gasteiger partial charge in [-0.15, -0.1) is 22.0 Å². The third-order valence-corrected chi connectivity index (χ3v) is 5.30. The molecule has 0 saturated carbocycles. The minimum Gasteiger partial charge on any atom is -0.300 e. The SMILES string of the molecule is O=C(CSc1ccccc1)Nc1nnc(-c2ccc(Br)cc2)s1. The fourth-order valence-electron chi connectivity index (χ4n) is 1.80. The van der Waals surface area contributed by atoms with Crippen molar-refractivity contribution in [1.29, 1.82) is 0 Å². The predicted octanol–water partition coefficient (Wildman–Crippen LogP) is 4.70. The Hall–Kier alpha value is -1.70. The number of nitrogens with zero attached hydrogens (tertiary/aromatic N) is 2. The Morgan fingerprint density at radius 2 is 1.83 bits per heavy atom. The highest BCUT2D eigenvalue weighted by molar-refractivity contribution is 9.10. The van der Waals surface area contributed by atoms with Crippen molar-refractivity contribution in [2.24, 2.45) is 0 Å². The monoisotopic (exact) mass is 405 g/mol. The van der Waals surface area contributed by atoms with Gasteiger partial charge in [0.1, 0.15) is 5.01 Å². The molecule has 1 N–H and O–H groups in total. The molecule has 2 aromatic carbocycles. The summed E-state index contributed by atoms with van der Waals surface area (Å²) in [5, 5.41) is 12.2. The largest absolute Gasteiger partial charge is 0.300 e. The third-order valence-electron chi connectivity index (χ3n) is 2.88. The van der Waals surface area contributed by atoms with Gasteiger partial charge < -0.3 is 0 Å². The van der Waals surface area contributed by atoms with E-state index in [-0.39, 0.29) is 5.91 Å². The van der Waals surface area contributed by atoms with E-state index in [0.29, 0.717) is 10.9 Å². The molecule has 0 fully saturated rings. The molecule has 0 aliphatic rings. The molecule has 4 nitrogen and oxygen atoms in total. The first kappa shape index (κ1) is 16.2. The number of nitrogens with one attached hydrogen (secondary N) is 1. The van der Waals surface area contributed by atoms with Crippen LogP contribution in [0.2, 0.25) is 0 Å². The van der Waals surface area contributed by atoms with Crippen molar-refractivity contribution >= 4 is 50.1 Å². The topological polar surface area (TPSA) is 54.9 Å². The van der Waals surface area contributed by atoms with Crippen molar-refractivity contribution < 1.29 is 4.79 Å². The zero-order valence-corrected chi connectivity index (χ0v) is 15.1. The van der Waals surface area contributed by atoms with Crippen LogP contribution in [0.1, 0.15) is 0 Å². The van der Waals surface area contributed by atoms with Gasteiger partial charge in [0.25, 0.3) is 0 Å². The highest BCUT2D eigenvalue weighted by atomic mass is 79.9. The highest BCUT2D eigenvalue weighted by Gasteiger charge is 2.10. The van der Waals surface area contributed by atoms with Gasteiger partial charge in [-0.2, -0.15) is 0 Å². The van der Waals surface area contributed by atoms with E-state index in [1.54, 1.807) is 0 Å². The van der Waals surface area contributed by atoms with Crippen LogP contribution >= 0.6 is 39.0 Å². The van der Waals surface area contributed by atoms with Crippen LogP contribution in [0.15, 0.2) is 64.0 Å². The summed E-state index contributed by atoms with van der Waals surface area (Å²) in [6, 6.07) is 17.6. The number of aromatic nitrogens is 2. The smallest absolute Gasteiger partial charge is 0.236 e. The number of rotatable bonds is 5. The van der Waals surface area contributed by atoms with Crippen molar-refractivity contribution in [3.8, 4) is 10.6 Å². The second-order valence-electron chi connectivity index (χ2n) is 4.57. The molecule has 0 radical (unpaired) electrons. The number of carbonyl (C=O) groups is 1. The maximum atomic E-state index is 12.0. The number of anilines is 1. The summed E-state index contributed by atoms with van der Waals surface area (Å²) in [4.78, 5) is 13.0. The van der Waals surface area contributed by atoms with Crippen LogP contribution in [0.3, 0.4) is 0 Å². The second kappa shape index (κ2) is 7.72. The lowest BCUT2D eigenvalue weighted by Crippen LogP contribution is -2.13. The Bertz CT molecular complexity index is 791. The molecular weight excluding hydrogens is 394 g/mol. The first-order valence-corrected chi connectivity index (χ1v) is 9.37. The zero-order chi connectivity index (χ0) is 16.1. The van der Waals surface area contributed by atoms with E-state index in [1.807, 2.05) is 54.6 Å². The summed E-state index contributed by atoms with van der Waals surface area (Å²) in [7, 11) is 0. The van der Waals surface area contributed by atoms with Gasteiger partial charge >= 0.3 is 0 Å². The van der Waals surface area contributed by atoms with Crippen LogP contribution in [0.4, 0.5) is 5.13 Å². The summed E-state index contributed by atoms with van der Waals surface area (Å²) in [5.74, 6) is 0.259. The third kappa shape index (κ3) is 4.63. The number of hydrogen-bond donors (Lipinski definition) is 1. The summed E-state index contributed by atoms with van der Waals surface area (Å²) in [6.07, 6.45) is 0. The zero-order valence-electron chi connectivity index (χ0n) is 11.9. The lowest BCUT2D eigenvalue weighted by Gasteiger charge is -2.01. The van der Waals surface area contributed by atoms with Crippen molar-refractivity contribution in [3.05, 3.63) is 59.1 Å². The Balaban J connectivity index is 1.58. The second-order valence-corrected chi connectivity index (χ2v) is 7.51. The predicted molar refractivity (Wildman–Crippen MR) is 98.8 cm³/mol. The molecule has 7 heteroatoms. The van der Waals surface area contributed by atoms with E-state index in [2.05, 4.69) is 31.4 Å². The van der Waals surface area contributed by atoms with Crippen molar-refractivity contribution in [2.45, 2.75) is 4.90 Å². The normalized spacial score (nSPS) is 10.5. The molecule has 116 valence electrons. The Morgan fingerprint density at radius 3 is 2.57 bits per heavy atom. The maximum Gasteiger partial charge on any atom is 0.236 e. The minimum atomic E-state index is -0.0858. The molecule has 3 rings (SSSR count). The van der Waals surface area contributed by atoms with Gasteiger partial charge in [-0.1, -0.05) is 57.6 Å². The molecule has 0 atom stereocenters.